The molecule has 6 heteroatoms. The molecule has 0 bridgehead atoms. The number of anilines is 1. The summed E-state index contributed by atoms with van der Waals surface area (Å²) in [5, 5.41) is 8.80. The second-order valence-electron chi connectivity index (χ2n) is 4.38. The van der Waals surface area contributed by atoms with Gasteiger partial charge in [-0.3, -0.25) is 9.71 Å². The second-order valence-corrected chi connectivity index (χ2v) is 6.03. The largest absolute Gasteiger partial charge is 0.280 e. The predicted octanol–water partition coefficient (Wildman–Crippen LogP) is 2.37. The number of aromatic nitrogens is 1. The number of benzene rings is 1. The summed E-state index contributed by atoms with van der Waals surface area (Å²) in [7, 11) is -3.67. The molecule has 0 saturated carbocycles. The minimum Gasteiger partial charge on any atom is -0.280 e. The number of hydrogen-bond donors (Lipinski definition) is 1. The fourth-order valence-corrected chi connectivity index (χ4v) is 3.12. The molecule has 1 heterocycles. The van der Waals surface area contributed by atoms with Gasteiger partial charge in [0.1, 0.15) is 0 Å². The first-order chi connectivity index (χ1) is 9.42. The lowest BCUT2D eigenvalue weighted by molar-refractivity contribution is 0.600. The van der Waals surface area contributed by atoms with Crippen molar-refractivity contribution in [2.24, 2.45) is 0 Å². The molecular formula is C14H13N3O2S. The van der Waals surface area contributed by atoms with Gasteiger partial charge in [-0.15, -0.1) is 0 Å². The molecule has 1 aromatic heterocycles. The molecule has 102 valence electrons. The van der Waals surface area contributed by atoms with Crippen molar-refractivity contribution in [1.29, 1.82) is 5.26 Å². The van der Waals surface area contributed by atoms with Crippen molar-refractivity contribution in [1.82, 2.24) is 4.98 Å². The number of sulfonamides is 1. The molecule has 0 aliphatic heterocycles. The van der Waals surface area contributed by atoms with Crippen molar-refractivity contribution in [2.75, 3.05) is 4.72 Å². The third kappa shape index (κ3) is 2.95. The Morgan fingerprint density at radius 3 is 2.55 bits per heavy atom. The molecule has 1 aromatic carbocycles. The van der Waals surface area contributed by atoms with Crippen LogP contribution < -0.4 is 4.72 Å². The van der Waals surface area contributed by atoms with Gasteiger partial charge in [-0.1, -0.05) is 0 Å². The zero-order valence-corrected chi connectivity index (χ0v) is 11.9. The predicted molar refractivity (Wildman–Crippen MR) is 75.7 cm³/mol. The summed E-state index contributed by atoms with van der Waals surface area (Å²) in [6.45, 7) is 3.44. The number of hydrogen-bond acceptors (Lipinski definition) is 4. The molecule has 0 saturated heterocycles. The molecular weight excluding hydrogens is 274 g/mol. The molecule has 1 N–H and O–H groups in total. The smallest absolute Gasteiger partial charge is 0.262 e. The molecule has 0 radical (unpaired) electrons. The lowest BCUT2D eigenvalue weighted by Crippen LogP contribution is -2.14. The number of nitrogens with zero attached hydrogens (tertiary/aromatic N) is 2. The molecule has 0 aliphatic carbocycles. The molecule has 5 nitrogen and oxygen atoms in total. The van der Waals surface area contributed by atoms with Gasteiger partial charge < -0.3 is 0 Å². The van der Waals surface area contributed by atoms with Gasteiger partial charge in [-0.05, 0) is 49.7 Å². The SMILES string of the molecule is Cc1cc(NS(=O)(=O)c2ccc(C#N)cc2C)ccn1. The normalized spacial score (nSPS) is 10.8. The van der Waals surface area contributed by atoms with Crippen molar-refractivity contribution < 1.29 is 8.42 Å². The Bertz CT molecular complexity index is 792. The van der Waals surface area contributed by atoms with E-state index in [2.05, 4.69) is 9.71 Å². The van der Waals surface area contributed by atoms with E-state index in [0.29, 0.717) is 16.8 Å². The Morgan fingerprint density at radius 2 is 1.95 bits per heavy atom. The van der Waals surface area contributed by atoms with E-state index in [-0.39, 0.29) is 4.90 Å². The molecule has 2 aromatic rings. The van der Waals surface area contributed by atoms with Gasteiger partial charge in [0.25, 0.3) is 10.0 Å². The molecule has 20 heavy (non-hydrogen) atoms. The van der Waals surface area contributed by atoms with Crippen LogP contribution in [0.25, 0.3) is 0 Å². The number of pyridine rings is 1. The van der Waals surface area contributed by atoms with Crippen molar-refractivity contribution in [2.45, 2.75) is 18.7 Å². The maximum absolute atomic E-state index is 12.3. The zero-order chi connectivity index (χ0) is 14.8. The van der Waals surface area contributed by atoms with Crippen molar-refractivity contribution in [3.63, 3.8) is 0 Å². The maximum atomic E-state index is 12.3. The third-order valence-corrected chi connectivity index (χ3v) is 4.28. The van der Waals surface area contributed by atoms with E-state index in [1.165, 1.54) is 12.1 Å². The van der Waals surface area contributed by atoms with E-state index in [1.54, 1.807) is 38.2 Å². The highest BCUT2D eigenvalue weighted by molar-refractivity contribution is 7.92. The molecule has 0 fully saturated rings. The van der Waals surface area contributed by atoms with Crippen LogP contribution in [0.1, 0.15) is 16.8 Å². The number of aryl methyl sites for hydroxylation is 2. The molecule has 2 rings (SSSR count). The van der Waals surface area contributed by atoms with Gasteiger partial charge in [-0.25, -0.2) is 8.42 Å². The summed E-state index contributed by atoms with van der Waals surface area (Å²) < 4.78 is 27.1. The van der Waals surface area contributed by atoms with Gasteiger partial charge in [0, 0.05) is 11.9 Å². The lowest BCUT2D eigenvalue weighted by Gasteiger charge is -2.10. The van der Waals surface area contributed by atoms with E-state index < -0.39 is 10.0 Å². The van der Waals surface area contributed by atoms with Gasteiger partial charge in [0.2, 0.25) is 0 Å². The summed E-state index contributed by atoms with van der Waals surface area (Å²) in [5.41, 5.74) is 2.14. The standard InChI is InChI=1S/C14H13N3O2S/c1-10-7-12(9-15)3-4-14(10)20(18,19)17-13-5-6-16-11(2)8-13/h3-8H,1-2H3,(H,16,17). The van der Waals surface area contributed by atoms with Gasteiger partial charge in [0.15, 0.2) is 0 Å². The van der Waals surface area contributed by atoms with Crippen LogP contribution in [-0.2, 0) is 10.0 Å². The Balaban J connectivity index is 2.39. The summed E-state index contributed by atoms with van der Waals surface area (Å²) in [4.78, 5) is 4.17. The molecule has 0 atom stereocenters. The monoisotopic (exact) mass is 287 g/mol. The minimum absolute atomic E-state index is 0.158. The van der Waals surface area contributed by atoms with E-state index in [4.69, 9.17) is 5.26 Å². The number of nitrogens with one attached hydrogen (secondary N) is 1. The molecule has 0 unspecified atom stereocenters. The van der Waals surface area contributed by atoms with E-state index in [9.17, 15) is 8.42 Å². The summed E-state index contributed by atoms with van der Waals surface area (Å²) >= 11 is 0. The van der Waals surface area contributed by atoms with Crippen molar-refractivity contribution >= 4 is 15.7 Å². The highest BCUT2D eigenvalue weighted by Crippen LogP contribution is 2.20. The summed E-state index contributed by atoms with van der Waals surface area (Å²) in [6, 6.07) is 9.68. The van der Waals surface area contributed by atoms with Crippen LogP contribution in [0, 0.1) is 25.2 Å². The quantitative estimate of drug-likeness (QED) is 0.939. The fourth-order valence-electron chi connectivity index (χ4n) is 1.84. The second kappa shape index (κ2) is 5.31. The number of nitriles is 1. The van der Waals surface area contributed by atoms with Gasteiger partial charge in [0.05, 0.1) is 22.2 Å². The van der Waals surface area contributed by atoms with Crippen LogP contribution >= 0.6 is 0 Å². The summed E-state index contributed by atoms with van der Waals surface area (Å²) in [6.07, 6.45) is 1.54. The Labute approximate surface area is 118 Å². The Hall–Kier alpha value is -2.39. The third-order valence-electron chi connectivity index (χ3n) is 2.74. The van der Waals surface area contributed by atoms with Crippen LogP contribution in [0.4, 0.5) is 5.69 Å². The molecule has 0 spiro atoms. The first-order valence-electron chi connectivity index (χ1n) is 5.88. The number of rotatable bonds is 3. The average Bonchev–Trinajstić information content (AvgIpc) is 2.37. The van der Waals surface area contributed by atoms with E-state index in [1.807, 2.05) is 6.07 Å². The highest BCUT2D eigenvalue weighted by atomic mass is 32.2. The van der Waals surface area contributed by atoms with E-state index in [0.717, 1.165) is 5.69 Å². The van der Waals surface area contributed by atoms with Crippen LogP contribution in [-0.4, -0.2) is 13.4 Å². The van der Waals surface area contributed by atoms with E-state index >= 15 is 0 Å². The summed E-state index contributed by atoms with van der Waals surface area (Å²) in [5.74, 6) is 0. The van der Waals surface area contributed by atoms with Crippen LogP contribution in [0.15, 0.2) is 41.4 Å². The Kier molecular flexibility index (Phi) is 3.72. The first-order valence-corrected chi connectivity index (χ1v) is 7.37. The Morgan fingerprint density at radius 1 is 1.20 bits per heavy atom. The fraction of sp³-hybridized carbons (Fsp3) is 0.143. The van der Waals surface area contributed by atoms with Crippen LogP contribution in [0.2, 0.25) is 0 Å². The zero-order valence-electron chi connectivity index (χ0n) is 11.1. The van der Waals surface area contributed by atoms with Gasteiger partial charge >= 0.3 is 0 Å². The molecule has 0 aliphatic rings. The van der Waals surface area contributed by atoms with Crippen molar-refractivity contribution in [3.8, 4) is 6.07 Å². The first kappa shape index (κ1) is 14.0. The topological polar surface area (TPSA) is 82.9 Å². The molecule has 0 amide bonds. The lowest BCUT2D eigenvalue weighted by atomic mass is 10.2. The minimum atomic E-state index is -3.67. The van der Waals surface area contributed by atoms with Crippen LogP contribution in [0.3, 0.4) is 0 Å². The average molecular weight is 287 g/mol. The maximum Gasteiger partial charge on any atom is 0.262 e. The van der Waals surface area contributed by atoms with Gasteiger partial charge in [-0.2, -0.15) is 5.26 Å². The highest BCUT2D eigenvalue weighted by Gasteiger charge is 2.17. The van der Waals surface area contributed by atoms with Crippen molar-refractivity contribution in [3.05, 3.63) is 53.3 Å². The van der Waals surface area contributed by atoms with Crippen LogP contribution in [0.5, 0.6) is 0 Å².